The molecule has 104 valence electrons. The Labute approximate surface area is 116 Å². The number of hydrogen-bond acceptors (Lipinski definition) is 6. The molecule has 0 atom stereocenters. The quantitative estimate of drug-likeness (QED) is 0.500. The molecule has 0 saturated carbocycles. The summed E-state index contributed by atoms with van der Waals surface area (Å²) in [5.74, 6) is -2.50. The first-order valence-corrected chi connectivity index (χ1v) is 6.52. The molecule has 8 nitrogen and oxygen atoms in total. The lowest BCUT2D eigenvalue weighted by Crippen LogP contribution is -2.43. The smallest absolute Gasteiger partial charge is 0.337 e. The van der Waals surface area contributed by atoms with Crippen LogP contribution in [0.5, 0.6) is 0 Å². The van der Waals surface area contributed by atoms with Crippen molar-refractivity contribution in [3.63, 3.8) is 0 Å². The molecule has 0 spiro atoms. The molecule has 0 unspecified atom stereocenters. The number of amides is 2. The molecule has 1 aliphatic rings. The molecule has 1 saturated heterocycles. The summed E-state index contributed by atoms with van der Waals surface area (Å²) in [4.78, 5) is 45.4. The zero-order valence-electron chi connectivity index (χ0n) is 9.94. The van der Waals surface area contributed by atoms with Gasteiger partial charge >= 0.3 is 5.97 Å². The van der Waals surface area contributed by atoms with Crippen molar-refractivity contribution < 1.29 is 24.4 Å². The lowest BCUT2D eigenvalue weighted by atomic mass is 10.1. The van der Waals surface area contributed by atoms with Crippen molar-refractivity contribution in [2.24, 2.45) is 0 Å². The van der Waals surface area contributed by atoms with Crippen LogP contribution >= 0.6 is 11.8 Å². The van der Waals surface area contributed by atoms with Crippen molar-refractivity contribution in [3.8, 4) is 0 Å². The van der Waals surface area contributed by atoms with Gasteiger partial charge in [0.2, 0.25) is 11.8 Å². The monoisotopic (exact) mass is 296 g/mol. The van der Waals surface area contributed by atoms with Crippen molar-refractivity contribution in [2.75, 3.05) is 16.4 Å². The van der Waals surface area contributed by atoms with Crippen molar-refractivity contribution in [2.45, 2.75) is 0 Å². The van der Waals surface area contributed by atoms with E-state index in [1.807, 2.05) is 0 Å². The largest absolute Gasteiger partial charge is 0.478 e. The molecule has 1 fully saturated rings. The Morgan fingerprint density at radius 2 is 1.90 bits per heavy atom. The van der Waals surface area contributed by atoms with Gasteiger partial charge in [-0.15, -0.1) is 11.8 Å². The van der Waals surface area contributed by atoms with Gasteiger partial charge in [0.1, 0.15) is 0 Å². The number of anilines is 1. The zero-order valence-corrected chi connectivity index (χ0v) is 10.8. The number of thioether (sulfide) groups is 1. The molecule has 0 bridgehead atoms. The second-order valence-corrected chi connectivity index (χ2v) is 4.86. The number of rotatable bonds is 3. The molecule has 9 heteroatoms. The summed E-state index contributed by atoms with van der Waals surface area (Å²) in [5, 5.41) is 19.8. The van der Waals surface area contributed by atoms with E-state index in [2.05, 4.69) is 0 Å². The summed E-state index contributed by atoms with van der Waals surface area (Å²) in [6.45, 7) is 0. The SMILES string of the molecule is O=C(O)c1ccc([N+](=O)[O-])cc1N1C(=O)CSCC1=O. The minimum atomic E-state index is -1.37. The van der Waals surface area contributed by atoms with Crippen LogP contribution in [0.1, 0.15) is 10.4 Å². The van der Waals surface area contributed by atoms with E-state index < -0.39 is 22.7 Å². The summed E-state index contributed by atoms with van der Waals surface area (Å²) in [7, 11) is 0. The van der Waals surface area contributed by atoms with Crippen LogP contribution in [-0.2, 0) is 9.59 Å². The molecular weight excluding hydrogens is 288 g/mol. The number of nitro groups is 1. The Kier molecular flexibility index (Phi) is 3.70. The number of non-ortho nitro benzene ring substituents is 1. The van der Waals surface area contributed by atoms with Crippen molar-refractivity contribution >= 4 is 40.9 Å². The Balaban J connectivity index is 2.59. The average Bonchev–Trinajstić information content (AvgIpc) is 2.38. The number of carbonyl (C=O) groups excluding carboxylic acids is 2. The first-order valence-electron chi connectivity index (χ1n) is 5.37. The van der Waals surface area contributed by atoms with E-state index in [1.54, 1.807) is 0 Å². The standard InChI is InChI=1S/C11H8N2O6S/c14-9-4-20-5-10(15)12(9)8-3-6(13(18)19)1-2-7(8)11(16)17/h1-3H,4-5H2,(H,16,17). The number of carboxylic acid groups (broad SMARTS) is 1. The Morgan fingerprint density at radius 1 is 1.30 bits per heavy atom. The molecule has 0 aliphatic carbocycles. The molecule has 2 amide bonds. The summed E-state index contributed by atoms with van der Waals surface area (Å²) in [5.41, 5.74) is -0.977. The topological polar surface area (TPSA) is 118 Å². The molecular formula is C11H8N2O6S. The molecule has 0 aromatic heterocycles. The van der Waals surface area contributed by atoms with Gasteiger partial charge in [0.05, 0.1) is 27.7 Å². The zero-order chi connectivity index (χ0) is 14.9. The van der Waals surface area contributed by atoms with Gasteiger partial charge in [-0.1, -0.05) is 0 Å². The molecule has 1 aliphatic heterocycles. The van der Waals surface area contributed by atoms with E-state index in [9.17, 15) is 24.5 Å². The number of carbonyl (C=O) groups is 3. The fraction of sp³-hybridized carbons (Fsp3) is 0.182. The van der Waals surface area contributed by atoms with E-state index in [4.69, 9.17) is 5.11 Å². The molecule has 1 N–H and O–H groups in total. The first-order chi connectivity index (χ1) is 9.41. The van der Waals surface area contributed by atoms with Gasteiger partial charge in [0, 0.05) is 12.1 Å². The number of hydrogen-bond donors (Lipinski definition) is 1. The maximum Gasteiger partial charge on any atom is 0.337 e. The molecule has 1 aromatic carbocycles. The predicted octanol–water partition coefficient (Wildman–Crippen LogP) is 0.899. The Bertz CT molecular complexity index is 613. The second-order valence-electron chi connectivity index (χ2n) is 3.88. The van der Waals surface area contributed by atoms with Crippen molar-refractivity contribution in [1.82, 2.24) is 0 Å². The van der Waals surface area contributed by atoms with Crippen LogP contribution < -0.4 is 4.90 Å². The minimum Gasteiger partial charge on any atom is -0.478 e. The van der Waals surface area contributed by atoms with Crippen LogP contribution in [0.25, 0.3) is 0 Å². The van der Waals surface area contributed by atoms with Gasteiger partial charge in [-0.05, 0) is 6.07 Å². The summed E-state index contributed by atoms with van der Waals surface area (Å²) < 4.78 is 0. The van der Waals surface area contributed by atoms with Gasteiger partial charge in [0.25, 0.3) is 5.69 Å². The summed E-state index contributed by atoms with van der Waals surface area (Å²) >= 11 is 1.11. The van der Waals surface area contributed by atoms with Gasteiger partial charge in [-0.2, -0.15) is 0 Å². The number of benzene rings is 1. The second kappa shape index (κ2) is 5.29. The van der Waals surface area contributed by atoms with Crippen LogP contribution in [0.15, 0.2) is 18.2 Å². The van der Waals surface area contributed by atoms with Crippen LogP contribution in [0.4, 0.5) is 11.4 Å². The molecule has 1 aromatic rings. The fourth-order valence-corrected chi connectivity index (χ4v) is 2.47. The molecule has 2 rings (SSSR count). The van der Waals surface area contributed by atoms with E-state index >= 15 is 0 Å². The van der Waals surface area contributed by atoms with Gasteiger partial charge in [-0.25, -0.2) is 9.69 Å². The highest BCUT2D eigenvalue weighted by Crippen LogP contribution is 2.29. The molecule has 20 heavy (non-hydrogen) atoms. The van der Waals surface area contributed by atoms with Crippen LogP contribution in [-0.4, -0.2) is 39.3 Å². The maximum atomic E-state index is 11.8. The van der Waals surface area contributed by atoms with E-state index in [1.165, 1.54) is 0 Å². The third-order valence-electron chi connectivity index (χ3n) is 2.61. The van der Waals surface area contributed by atoms with Gasteiger partial charge in [0.15, 0.2) is 0 Å². The number of nitro benzene ring substituents is 1. The number of nitrogens with zero attached hydrogens (tertiary/aromatic N) is 2. The summed E-state index contributed by atoms with van der Waals surface area (Å²) in [6.07, 6.45) is 0. The van der Waals surface area contributed by atoms with E-state index in [-0.39, 0.29) is 28.4 Å². The van der Waals surface area contributed by atoms with Crippen LogP contribution in [0.3, 0.4) is 0 Å². The predicted molar refractivity (Wildman–Crippen MR) is 69.9 cm³/mol. The van der Waals surface area contributed by atoms with Crippen molar-refractivity contribution in [1.29, 1.82) is 0 Å². The minimum absolute atomic E-state index is 0.0213. The highest BCUT2D eigenvalue weighted by atomic mass is 32.2. The normalized spacial score (nSPS) is 15.3. The lowest BCUT2D eigenvalue weighted by Gasteiger charge is -2.25. The fourth-order valence-electron chi connectivity index (χ4n) is 1.76. The average molecular weight is 296 g/mol. The van der Waals surface area contributed by atoms with Crippen molar-refractivity contribution in [3.05, 3.63) is 33.9 Å². The van der Waals surface area contributed by atoms with Gasteiger partial charge < -0.3 is 5.11 Å². The number of imide groups is 1. The number of carboxylic acids is 1. The van der Waals surface area contributed by atoms with Crippen LogP contribution in [0, 0.1) is 10.1 Å². The molecule has 0 radical (unpaired) electrons. The first kappa shape index (κ1) is 14.0. The number of aromatic carboxylic acids is 1. The summed E-state index contributed by atoms with van der Waals surface area (Å²) in [6, 6.07) is 2.95. The van der Waals surface area contributed by atoms with Gasteiger partial charge in [-0.3, -0.25) is 19.7 Å². The third kappa shape index (κ3) is 2.48. The van der Waals surface area contributed by atoms with E-state index in [0.29, 0.717) is 4.90 Å². The van der Waals surface area contributed by atoms with Crippen LogP contribution in [0.2, 0.25) is 0 Å². The highest BCUT2D eigenvalue weighted by Gasteiger charge is 2.32. The third-order valence-corrected chi connectivity index (χ3v) is 3.52. The Morgan fingerprint density at radius 3 is 2.40 bits per heavy atom. The molecule has 1 heterocycles. The van der Waals surface area contributed by atoms with E-state index in [0.717, 1.165) is 30.0 Å². The maximum absolute atomic E-state index is 11.8. The highest BCUT2D eigenvalue weighted by molar-refractivity contribution is 8.00. The Hall–Kier alpha value is -2.42. The lowest BCUT2D eigenvalue weighted by molar-refractivity contribution is -0.384.